The molecular formula is C19H13BrIN5O2. The van der Waals surface area contributed by atoms with Gasteiger partial charge in [-0.05, 0) is 50.7 Å². The highest BCUT2D eigenvalue weighted by molar-refractivity contribution is 14.1. The van der Waals surface area contributed by atoms with E-state index in [0.717, 1.165) is 19.4 Å². The van der Waals surface area contributed by atoms with Gasteiger partial charge in [0.05, 0.1) is 23.5 Å². The number of H-pyrrole nitrogens is 1. The van der Waals surface area contributed by atoms with Gasteiger partial charge in [0.25, 0.3) is 5.56 Å². The topological polar surface area (TPSA) is 103 Å². The summed E-state index contributed by atoms with van der Waals surface area (Å²) in [5.41, 5.74) is 3.95. The van der Waals surface area contributed by atoms with Gasteiger partial charge in [0, 0.05) is 14.7 Å². The summed E-state index contributed by atoms with van der Waals surface area (Å²) in [5.74, 6) is 0.863. The van der Waals surface area contributed by atoms with Crippen molar-refractivity contribution in [3.63, 3.8) is 0 Å². The van der Waals surface area contributed by atoms with Crippen molar-refractivity contribution < 1.29 is 4.74 Å². The van der Waals surface area contributed by atoms with Crippen LogP contribution < -0.4 is 15.7 Å². The van der Waals surface area contributed by atoms with E-state index in [1.807, 2.05) is 36.4 Å². The molecule has 0 atom stereocenters. The SMILES string of the molecule is COc1cc(I)c(C=NNc2nc(-c3ccccc3)c(C#N)c(=O)[nH]2)cc1Br. The van der Waals surface area contributed by atoms with Gasteiger partial charge in [0.1, 0.15) is 17.4 Å². The fraction of sp³-hybridized carbons (Fsp3) is 0.0526. The molecule has 2 N–H and O–H groups in total. The largest absolute Gasteiger partial charge is 0.496 e. The van der Waals surface area contributed by atoms with Gasteiger partial charge in [-0.15, -0.1) is 0 Å². The number of nitrogens with one attached hydrogen (secondary N) is 2. The lowest BCUT2D eigenvalue weighted by Crippen LogP contribution is -2.16. The molecule has 1 heterocycles. The first kappa shape index (κ1) is 20.0. The molecule has 3 aromatic rings. The molecule has 0 radical (unpaired) electrons. The Morgan fingerprint density at radius 3 is 2.79 bits per heavy atom. The Kier molecular flexibility index (Phi) is 6.43. The number of benzene rings is 2. The molecule has 0 unspecified atom stereocenters. The maximum atomic E-state index is 12.2. The van der Waals surface area contributed by atoms with E-state index in [-0.39, 0.29) is 11.5 Å². The fourth-order valence-corrected chi connectivity index (χ4v) is 3.50. The molecule has 2 aromatic carbocycles. The first-order chi connectivity index (χ1) is 13.5. The molecule has 0 amide bonds. The zero-order chi connectivity index (χ0) is 20.1. The van der Waals surface area contributed by atoms with E-state index in [9.17, 15) is 10.1 Å². The second kappa shape index (κ2) is 8.99. The summed E-state index contributed by atoms with van der Waals surface area (Å²) in [5, 5.41) is 13.4. The summed E-state index contributed by atoms with van der Waals surface area (Å²) < 4.78 is 7.00. The normalized spacial score (nSPS) is 10.6. The quantitative estimate of drug-likeness (QED) is 0.283. The number of methoxy groups -OCH3 is 1. The highest BCUT2D eigenvalue weighted by Crippen LogP contribution is 2.28. The van der Waals surface area contributed by atoms with Crippen LogP contribution in [0.2, 0.25) is 0 Å². The Morgan fingerprint density at radius 2 is 2.11 bits per heavy atom. The molecule has 7 nitrogen and oxygen atoms in total. The smallest absolute Gasteiger partial charge is 0.270 e. The number of aromatic amines is 1. The molecule has 3 rings (SSSR count). The number of hydrogen-bond donors (Lipinski definition) is 2. The van der Waals surface area contributed by atoms with Gasteiger partial charge < -0.3 is 4.74 Å². The van der Waals surface area contributed by atoms with Crippen molar-refractivity contribution in [1.82, 2.24) is 9.97 Å². The van der Waals surface area contributed by atoms with Crippen LogP contribution in [-0.4, -0.2) is 23.3 Å². The third-order valence-electron chi connectivity index (χ3n) is 3.72. The van der Waals surface area contributed by atoms with Crippen LogP contribution in [0.15, 0.2) is 56.8 Å². The molecule has 0 saturated heterocycles. The predicted molar refractivity (Wildman–Crippen MR) is 120 cm³/mol. The Balaban J connectivity index is 1.91. The van der Waals surface area contributed by atoms with Crippen LogP contribution in [0.1, 0.15) is 11.1 Å². The van der Waals surface area contributed by atoms with Gasteiger partial charge in [-0.25, -0.2) is 10.4 Å². The molecule has 0 saturated carbocycles. The second-order valence-electron chi connectivity index (χ2n) is 5.49. The van der Waals surface area contributed by atoms with E-state index in [0.29, 0.717) is 11.3 Å². The van der Waals surface area contributed by atoms with Crippen LogP contribution in [-0.2, 0) is 0 Å². The minimum atomic E-state index is -0.532. The van der Waals surface area contributed by atoms with Gasteiger partial charge in [0.15, 0.2) is 0 Å². The molecule has 140 valence electrons. The number of rotatable bonds is 5. The van der Waals surface area contributed by atoms with E-state index in [4.69, 9.17) is 4.74 Å². The highest BCUT2D eigenvalue weighted by atomic mass is 127. The highest BCUT2D eigenvalue weighted by Gasteiger charge is 2.13. The zero-order valence-corrected chi connectivity index (χ0v) is 18.3. The van der Waals surface area contributed by atoms with Crippen molar-refractivity contribution in [1.29, 1.82) is 5.26 Å². The Labute approximate surface area is 182 Å². The molecule has 0 aliphatic heterocycles. The van der Waals surface area contributed by atoms with Crippen LogP contribution in [0.3, 0.4) is 0 Å². The minimum Gasteiger partial charge on any atom is -0.496 e. The molecule has 0 spiro atoms. The number of aromatic nitrogens is 2. The van der Waals surface area contributed by atoms with Crippen molar-refractivity contribution in [2.75, 3.05) is 12.5 Å². The average molecular weight is 550 g/mol. The van der Waals surface area contributed by atoms with Gasteiger partial charge in [-0.1, -0.05) is 30.3 Å². The molecule has 28 heavy (non-hydrogen) atoms. The summed E-state index contributed by atoms with van der Waals surface area (Å²) in [6, 6.07) is 14.7. The molecule has 0 bridgehead atoms. The number of ether oxygens (including phenoxy) is 1. The van der Waals surface area contributed by atoms with E-state index >= 15 is 0 Å². The lowest BCUT2D eigenvalue weighted by Gasteiger charge is -2.07. The summed E-state index contributed by atoms with van der Waals surface area (Å²) in [7, 11) is 1.60. The maximum Gasteiger partial charge on any atom is 0.270 e. The van der Waals surface area contributed by atoms with Gasteiger partial charge >= 0.3 is 0 Å². The number of hydrazone groups is 1. The second-order valence-corrected chi connectivity index (χ2v) is 7.51. The number of nitrogens with zero attached hydrogens (tertiary/aromatic N) is 3. The van der Waals surface area contributed by atoms with Gasteiger partial charge in [0.2, 0.25) is 5.95 Å². The van der Waals surface area contributed by atoms with Gasteiger partial charge in [-0.2, -0.15) is 10.4 Å². The van der Waals surface area contributed by atoms with Crippen LogP contribution in [0.25, 0.3) is 11.3 Å². The number of nitriles is 1. The average Bonchev–Trinajstić information content (AvgIpc) is 2.70. The van der Waals surface area contributed by atoms with Gasteiger partial charge in [-0.3, -0.25) is 9.78 Å². The standard InChI is InChI=1S/C19H13BrIN5O2/c1-28-16-8-15(21)12(7-14(16)20)10-23-26-19-24-17(11-5-3-2-4-6-11)13(9-22)18(27)25-19/h2-8,10H,1H3,(H2,24,25,26,27). The molecule has 0 aliphatic rings. The van der Waals surface area contributed by atoms with Crippen LogP contribution >= 0.6 is 38.5 Å². The zero-order valence-electron chi connectivity index (χ0n) is 14.5. The summed E-state index contributed by atoms with van der Waals surface area (Å²) >= 11 is 5.62. The Hall–Kier alpha value is -2.71. The van der Waals surface area contributed by atoms with Crippen LogP contribution in [0.4, 0.5) is 5.95 Å². The third kappa shape index (κ3) is 4.40. The fourth-order valence-electron chi connectivity index (χ4n) is 2.40. The van der Waals surface area contributed by atoms with E-state index in [1.165, 1.54) is 0 Å². The van der Waals surface area contributed by atoms with Crippen LogP contribution in [0, 0.1) is 14.9 Å². The van der Waals surface area contributed by atoms with Crippen molar-refractivity contribution >= 4 is 50.7 Å². The molecular weight excluding hydrogens is 537 g/mol. The summed E-state index contributed by atoms with van der Waals surface area (Å²) in [4.78, 5) is 19.1. The monoisotopic (exact) mass is 549 g/mol. The molecule has 9 heteroatoms. The maximum absolute atomic E-state index is 12.2. The molecule has 0 fully saturated rings. The molecule has 0 aliphatic carbocycles. The number of halogens is 2. The number of hydrogen-bond acceptors (Lipinski definition) is 6. The lowest BCUT2D eigenvalue weighted by atomic mass is 10.1. The van der Waals surface area contributed by atoms with Crippen molar-refractivity contribution in [3.05, 3.63) is 72.0 Å². The van der Waals surface area contributed by atoms with E-state index < -0.39 is 5.56 Å². The third-order valence-corrected chi connectivity index (χ3v) is 5.28. The summed E-state index contributed by atoms with van der Waals surface area (Å²) in [6.07, 6.45) is 1.60. The molecule has 1 aromatic heterocycles. The minimum absolute atomic E-state index is 0.0469. The van der Waals surface area contributed by atoms with Crippen molar-refractivity contribution in [2.24, 2.45) is 5.10 Å². The number of anilines is 1. The van der Waals surface area contributed by atoms with E-state index in [2.05, 4.69) is 59.0 Å². The predicted octanol–water partition coefficient (Wildman–Crippen LogP) is 4.13. The first-order valence-electron chi connectivity index (χ1n) is 7.95. The van der Waals surface area contributed by atoms with Crippen molar-refractivity contribution in [3.8, 4) is 23.1 Å². The Bertz CT molecular complexity index is 1140. The summed E-state index contributed by atoms with van der Waals surface area (Å²) in [6.45, 7) is 0. The van der Waals surface area contributed by atoms with Crippen molar-refractivity contribution in [2.45, 2.75) is 0 Å². The Morgan fingerprint density at radius 1 is 1.36 bits per heavy atom. The van der Waals surface area contributed by atoms with E-state index in [1.54, 1.807) is 25.5 Å². The van der Waals surface area contributed by atoms with Crippen LogP contribution in [0.5, 0.6) is 5.75 Å². The first-order valence-corrected chi connectivity index (χ1v) is 9.82. The lowest BCUT2D eigenvalue weighted by molar-refractivity contribution is 0.412.